The maximum Gasteiger partial charge on any atom is 0.471 e. The number of amides is 1. The number of benzene rings is 1. The number of alkyl halides is 3. The van der Waals surface area contributed by atoms with Crippen molar-refractivity contribution in [1.29, 1.82) is 0 Å². The minimum Gasteiger partial charge on any atom is -0.465 e. The van der Waals surface area contributed by atoms with E-state index in [0.717, 1.165) is 37.7 Å². The van der Waals surface area contributed by atoms with Crippen LogP contribution >= 0.6 is 35.7 Å². The summed E-state index contributed by atoms with van der Waals surface area (Å²) in [4.78, 5) is 37.6. The maximum absolute atomic E-state index is 13.5. The summed E-state index contributed by atoms with van der Waals surface area (Å²) < 4.78 is 50.4. The van der Waals surface area contributed by atoms with Gasteiger partial charge in [0.2, 0.25) is 0 Å². The Kier molecular flexibility index (Phi) is 6.75. The number of carbonyl (C=O) groups excluding carboxylic acids is 3. The topological polar surface area (TPSA) is 72.9 Å². The molecule has 0 unspecified atom stereocenters. The Bertz CT molecular complexity index is 1120. The SMILES string of the molecule is COC(=O)C1=C(C(=O)OC)SC(=C2C(=S)C(C)(C)N(C(=O)C(F)(F)F)c3cc(C)ccc32)S1. The number of hydrogen-bond donors (Lipinski definition) is 0. The van der Waals surface area contributed by atoms with E-state index in [1.807, 2.05) is 0 Å². The second kappa shape index (κ2) is 8.80. The van der Waals surface area contributed by atoms with Crippen LogP contribution in [0.5, 0.6) is 0 Å². The normalized spacial score (nSPS) is 17.8. The standard InChI is InChI=1S/C21H18F3NO5S3/c1-9-6-7-10-11(8-9)25(19(28)21(22,23)24)20(2,3)15(31)12(10)18-32-13(16(26)29-4)14(33-18)17(27)30-5/h6-8H,1-5H3. The van der Waals surface area contributed by atoms with Gasteiger partial charge >= 0.3 is 24.0 Å². The number of halogens is 3. The fourth-order valence-corrected chi connectivity index (χ4v) is 6.45. The summed E-state index contributed by atoms with van der Waals surface area (Å²) in [6, 6.07) is 4.72. The summed E-state index contributed by atoms with van der Waals surface area (Å²) in [6.07, 6.45) is -5.12. The molecule has 2 aliphatic heterocycles. The molecule has 6 nitrogen and oxygen atoms in total. The van der Waals surface area contributed by atoms with Crippen molar-refractivity contribution in [3.63, 3.8) is 0 Å². The number of hydrogen-bond acceptors (Lipinski definition) is 8. The van der Waals surface area contributed by atoms with Crippen LogP contribution in [0.2, 0.25) is 0 Å². The summed E-state index contributed by atoms with van der Waals surface area (Å²) >= 11 is 7.44. The molecule has 0 saturated heterocycles. The van der Waals surface area contributed by atoms with Gasteiger partial charge < -0.3 is 9.47 Å². The fraction of sp³-hybridized carbons (Fsp3) is 0.333. The maximum atomic E-state index is 13.5. The molecular weight excluding hydrogens is 499 g/mol. The molecule has 12 heteroatoms. The molecule has 0 atom stereocenters. The van der Waals surface area contributed by atoms with Gasteiger partial charge in [0, 0.05) is 11.1 Å². The number of anilines is 1. The summed E-state index contributed by atoms with van der Waals surface area (Å²) in [5.41, 5.74) is -0.215. The van der Waals surface area contributed by atoms with Crippen molar-refractivity contribution in [1.82, 2.24) is 0 Å². The smallest absolute Gasteiger partial charge is 0.465 e. The Balaban J connectivity index is 2.27. The first-order chi connectivity index (χ1) is 15.2. The monoisotopic (exact) mass is 517 g/mol. The zero-order valence-corrected chi connectivity index (χ0v) is 20.5. The molecule has 1 amide bonds. The van der Waals surface area contributed by atoms with Gasteiger partial charge in [0.25, 0.3) is 0 Å². The predicted molar refractivity (Wildman–Crippen MR) is 125 cm³/mol. The molecule has 1 aromatic rings. The van der Waals surface area contributed by atoms with Crippen molar-refractivity contribution in [3.8, 4) is 0 Å². The number of esters is 2. The van der Waals surface area contributed by atoms with Crippen LogP contribution in [0.15, 0.2) is 32.2 Å². The first-order valence-electron chi connectivity index (χ1n) is 9.33. The Morgan fingerprint density at radius 3 is 2.00 bits per heavy atom. The van der Waals surface area contributed by atoms with Crippen LogP contribution in [-0.4, -0.2) is 48.6 Å². The summed E-state index contributed by atoms with van der Waals surface area (Å²) in [6.45, 7) is 4.53. The van der Waals surface area contributed by atoms with Gasteiger partial charge in [-0.2, -0.15) is 13.2 Å². The van der Waals surface area contributed by atoms with Crippen LogP contribution in [0.1, 0.15) is 25.0 Å². The van der Waals surface area contributed by atoms with Crippen LogP contribution in [0, 0.1) is 6.92 Å². The van der Waals surface area contributed by atoms with E-state index in [1.165, 1.54) is 19.9 Å². The lowest BCUT2D eigenvalue weighted by Crippen LogP contribution is -2.59. The van der Waals surface area contributed by atoms with Crippen molar-refractivity contribution < 1.29 is 37.0 Å². The van der Waals surface area contributed by atoms with E-state index in [1.54, 1.807) is 19.1 Å². The van der Waals surface area contributed by atoms with Gasteiger partial charge in [-0.15, -0.1) is 0 Å². The van der Waals surface area contributed by atoms with Gasteiger partial charge in [0.05, 0.1) is 34.5 Å². The van der Waals surface area contributed by atoms with E-state index >= 15 is 0 Å². The molecule has 0 bridgehead atoms. The van der Waals surface area contributed by atoms with Crippen molar-refractivity contribution in [2.75, 3.05) is 19.1 Å². The van der Waals surface area contributed by atoms with Gasteiger partial charge in [0.15, 0.2) is 0 Å². The van der Waals surface area contributed by atoms with Crippen LogP contribution in [-0.2, 0) is 23.9 Å². The lowest BCUT2D eigenvalue weighted by Gasteiger charge is -2.45. The van der Waals surface area contributed by atoms with Gasteiger partial charge in [-0.25, -0.2) is 9.59 Å². The number of thioether (sulfide) groups is 2. The molecule has 0 N–H and O–H groups in total. The molecular formula is C21H18F3NO5S3. The summed E-state index contributed by atoms with van der Waals surface area (Å²) in [5, 5.41) is 0. The number of nitrogens with zero attached hydrogens (tertiary/aromatic N) is 1. The molecule has 2 aliphatic rings. The Hall–Kier alpha value is -2.31. The van der Waals surface area contributed by atoms with E-state index in [0.29, 0.717) is 20.3 Å². The van der Waals surface area contributed by atoms with Gasteiger partial charge in [-0.3, -0.25) is 9.69 Å². The highest BCUT2D eigenvalue weighted by molar-refractivity contribution is 8.29. The second-order valence-electron chi connectivity index (χ2n) is 7.56. The average molecular weight is 518 g/mol. The largest absolute Gasteiger partial charge is 0.471 e. The highest BCUT2D eigenvalue weighted by Crippen LogP contribution is 2.56. The molecule has 1 aromatic carbocycles. The minimum absolute atomic E-state index is 0.0140. The molecule has 3 rings (SSSR count). The Morgan fingerprint density at radius 1 is 1.03 bits per heavy atom. The molecule has 0 aliphatic carbocycles. The highest BCUT2D eigenvalue weighted by atomic mass is 32.2. The molecule has 0 saturated carbocycles. The third-order valence-electron chi connectivity index (χ3n) is 4.99. The van der Waals surface area contributed by atoms with Gasteiger partial charge in [-0.05, 0) is 32.4 Å². The molecule has 33 heavy (non-hydrogen) atoms. The number of carbonyl (C=O) groups is 3. The molecule has 0 spiro atoms. The number of thiocarbonyl (C=S) groups is 1. The van der Waals surface area contributed by atoms with Gasteiger partial charge in [0.1, 0.15) is 9.81 Å². The third kappa shape index (κ3) is 4.31. The van der Waals surface area contributed by atoms with Crippen molar-refractivity contribution in [3.05, 3.63) is 43.4 Å². The quantitative estimate of drug-likeness (QED) is 0.316. The number of methoxy groups -OCH3 is 2. The van der Waals surface area contributed by atoms with Crippen LogP contribution in [0.25, 0.3) is 5.57 Å². The van der Waals surface area contributed by atoms with Crippen LogP contribution < -0.4 is 4.90 Å². The Morgan fingerprint density at radius 2 is 1.55 bits per heavy atom. The van der Waals surface area contributed by atoms with E-state index in [4.69, 9.17) is 21.7 Å². The molecule has 2 heterocycles. The van der Waals surface area contributed by atoms with Crippen LogP contribution in [0.4, 0.5) is 18.9 Å². The molecule has 0 fully saturated rings. The Labute approximate surface area is 201 Å². The zero-order chi connectivity index (χ0) is 24.9. The number of fused-ring (bicyclic) bond motifs is 1. The highest BCUT2D eigenvalue weighted by Gasteiger charge is 2.53. The summed E-state index contributed by atoms with van der Waals surface area (Å²) in [7, 11) is 2.32. The van der Waals surface area contributed by atoms with Crippen molar-refractivity contribution >= 4 is 69.7 Å². The number of rotatable bonds is 2. The van der Waals surface area contributed by atoms with Crippen LogP contribution in [0.3, 0.4) is 0 Å². The second-order valence-corrected chi connectivity index (χ2v) is 10.3. The fourth-order valence-electron chi connectivity index (χ4n) is 3.42. The van der Waals surface area contributed by atoms with E-state index in [-0.39, 0.29) is 25.9 Å². The predicted octanol–water partition coefficient (Wildman–Crippen LogP) is 4.76. The van der Waals surface area contributed by atoms with Crippen molar-refractivity contribution in [2.45, 2.75) is 32.5 Å². The zero-order valence-electron chi connectivity index (χ0n) is 18.1. The minimum atomic E-state index is -5.12. The lowest BCUT2D eigenvalue weighted by atomic mass is 9.83. The summed E-state index contributed by atoms with van der Waals surface area (Å²) in [5.74, 6) is -3.56. The first kappa shape index (κ1) is 25.3. The van der Waals surface area contributed by atoms with Gasteiger partial charge in [-0.1, -0.05) is 47.9 Å². The van der Waals surface area contributed by atoms with E-state index in [2.05, 4.69) is 0 Å². The van der Waals surface area contributed by atoms with Crippen molar-refractivity contribution in [2.24, 2.45) is 0 Å². The lowest BCUT2D eigenvalue weighted by molar-refractivity contribution is -0.171. The molecule has 176 valence electrons. The average Bonchev–Trinajstić information content (AvgIpc) is 3.17. The first-order valence-corrected chi connectivity index (χ1v) is 11.4. The molecule has 0 aromatic heterocycles. The number of aryl methyl sites for hydroxylation is 1. The number of ether oxygens (including phenoxy) is 2. The molecule has 0 radical (unpaired) electrons. The van der Waals surface area contributed by atoms with E-state index < -0.39 is 29.6 Å². The third-order valence-corrected chi connectivity index (χ3v) is 8.25. The van der Waals surface area contributed by atoms with E-state index in [9.17, 15) is 27.6 Å².